The number of hydrogen-bond acceptors (Lipinski definition) is 2. The molecule has 2 amide bonds. The number of nitrogens with two attached hydrogens (primary N) is 1. The third-order valence-corrected chi connectivity index (χ3v) is 5.14. The van der Waals surface area contributed by atoms with Crippen molar-refractivity contribution in [1.82, 2.24) is 0 Å². The minimum Gasteiger partial charge on any atom is -0.334 e. The summed E-state index contributed by atoms with van der Waals surface area (Å²) >= 11 is 0. The first kappa shape index (κ1) is 17.0. The highest BCUT2D eigenvalue weighted by molar-refractivity contribution is 6.10. The van der Waals surface area contributed by atoms with Gasteiger partial charge in [-0.05, 0) is 44.7 Å². The summed E-state index contributed by atoms with van der Waals surface area (Å²) in [6, 6.07) is 7.88. The molecule has 0 spiro atoms. The van der Waals surface area contributed by atoms with Gasteiger partial charge in [-0.15, -0.1) is 0 Å². The van der Waals surface area contributed by atoms with Crippen LogP contribution in [0.25, 0.3) is 0 Å². The average molecular weight is 330 g/mol. The molecule has 2 aliphatic rings. The summed E-state index contributed by atoms with van der Waals surface area (Å²) in [5.41, 5.74) is 1.53. The SMILES string of the molecule is C[C@@H]([NH2+]C1CCCCCCC1)C(=O)N1CC(=O)Nc2ccccc21. The Bertz CT molecular complexity index is 594. The van der Waals surface area contributed by atoms with Crippen LogP contribution in [-0.4, -0.2) is 30.4 Å². The van der Waals surface area contributed by atoms with Crippen LogP contribution in [0.4, 0.5) is 11.4 Å². The fourth-order valence-electron chi connectivity index (χ4n) is 3.85. The van der Waals surface area contributed by atoms with Crippen LogP contribution in [0.5, 0.6) is 0 Å². The summed E-state index contributed by atoms with van der Waals surface area (Å²) in [7, 11) is 0. The Morgan fingerprint density at radius 1 is 1.17 bits per heavy atom. The lowest BCUT2D eigenvalue weighted by molar-refractivity contribution is -0.708. The molecule has 0 unspecified atom stereocenters. The lowest BCUT2D eigenvalue weighted by Gasteiger charge is -2.31. The summed E-state index contributed by atoms with van der Waals surface area (Å²) in [5, 5.41) is 5.06. The Kier molecular flexibility index (Phi) is 5.51. The van der Waals surface area contributed by atoms with Crippen molar-refractivity contribution in [2.45, 2.75) is 64.0 Å². The van der Waals surface area contributed by atoms with Gasteiger partial charge in [-0.1, -0.05) is 31.4 Å². The third kappa shape index (κ3) is 3.96. The van der Waals surface area contributed by atoms with Gasteiger partial charge in [0.15, 0.2) is 6.04 Å². The minimum absolute atomic E-state index is 0.0272. The van der Waals surface area contributed by atoms with Gasteiger partial charge in [0.05, 0.1) is 17.4 Å². The van der Waals surface area contributed by atoms with E-state index in [4.69, 9.17) is 0 Å². The van der Waals surface area contributed by atoms with Crippen molar-refractivity contribution in [2.75, 3.05) is 16.8 Å². The fourth-order valence-corrected chi connectivity index (χ4v) is 3.85. The second-order valence-electron chi connectivity index (χ2n) is 7.08. The Morgan fingerprint density at radius 3 is 2.58 bits per heavy atom. The quantitative estimate of drug-likeness (QED) is 0.891. The molecule has 0 radical (unpaired) electrons. The lowest BCUT2D eigenvalue weighted by Crippen LogP contribution is -2.96. The fraction of sp³-hybridized carbons (Fsp3) is 0.579. The third-order valence-electron chi connectivity index (χ3n) is 5.14. The zero-order valence-electron chi connectivity index (χ0n) is 14.5. The number of nitrogens with one attached hydrogen (secondary N) is 1. The highest BCUT2D eigenvalue weighted by Crippen LogP contribution is 2.29. The van der Waals surface area contributed by atoms with Crippen molar-refractivity contribution >= 4 is 23.2 Å². The standard InChI is InChI=1S/C19H27N3O2/c1-14(20-15-9-5-3-2-4-6-10-15)19(24)22-13-18(23)21-16-11-7-8-12-17(16)22/h7-8,11-12,14-15,20H,2-6,9-10,13H2,1H3,(H,21,23)/p+1/t14-/m1/s1. The number of benzene rings is 1. The van der Waals surface area contributed by atoms with Gasteiger partial charge in [-0.25, -0.2) is 0 Å². The van der Waals surface area contributed by atoms with E-state index in [0.717, 1.165) is 11.4 Å². The summed E-state index contributed by atoms with van der Waals surface area (Å²) in [6.45, 7) is 2.08. The molecule has 130 valence electrons. The number of carbonyl (C=O) groups is 2. The molecule has 0 bridgehead atoms. The molecule has 1 aromatic carbocycles. The van der Waals surface area contributed by atoms with Crippen molar-refractivity contribution < 1.29 is 14.9 Å². The Morgan fingerprint density at radius 2 is 1.83 bits per heavy atom. The van der Waals surface area contributed by atoms with Crippen molar-refractivity contribution in [3.63, 3.8) is 0 Å². The predicted molar refractivity (Wildman–Crippen MR) is 94.9 cm³/mol. The maximum absolute atomic E-state index is 12.9. The second kappa shape index (κ2) is 7.79. The zero-order valence-corrected chi connectivity index (χ0v) is 14.5. The van der Waals surface area contributed by atoms with Gasteiger partial charge >= 0.3 is 0 Å². The van der Waals surface area contributed by atoms with E-state index in [0.29, 0.717) is 6.04 Å². The number of para-hydroxylation sites is 2. The van der Waals surface area contributed by atoms with Crippen LogP contribution in [0, 0.1) is 0 Å². The highest BCUT2D eigenvalue weighted by Gasteiger charge is 2.32. The van der Waals surface area contributed by atoms with Crippen LogP contribution < -0.4 is 15.5 Å². The largest absolute Gasteiger partial charge is 0.334 e. The number of amides is 2. The molecule has 24 heavy (non-hydrogen) atoms. The van der Waals surface area contributed by atoms with Gasteiger partial charge in [0.1, 0.15) is 6.54 Å². The van der Waals surface area contributed by atoms with Gasteiger partial charge in [0.2, 0.25) is 5.91 Å². The molecule has 1 saturated carbocycles. The topological polar surface area (TPSA) is 66.0 Å². The van der Waals surface area contributed by atoms with E-state index in [9.17, 15) is 9.59 Å². The number of anilines is 2. The summed E-state index contributed by atoms with van der Waals surface area (Å²) in [4.78, 5) is 26.5. The second-order valence-corrected chi connectivity index (χ2v) is 7.08. The number of quaternary nitrogens is 1. The number of nitrogens with zero attached hydrogens (tertiary/aromatic N) is 1. The van der Waals surface area contributed by atoms with E-state index >= 15 is 0 Å². The van der Waals surface area contributed by atoms with Gasteiger partial charge in [-0.2, -0.15) is 0 Å². The first-order valence-corrected chi connectivity index (χ1v) is 9.20. The first-order valence-electron chi connectivity index (χ1n) is 9.20. The van der Waals surface area contributed by atoms with Crippen molar-refractivity contribution in [3.05, 3.63) is 24.3 Å². The molecule has 0 aromatic heterocycles. The molecule has 3 rings (SSSR count). The zero-order chi connectivity index (χ0) is 16.9. The van der Waals surface area contributed by atoms with Crippen molar-refractivity contribution in [2.24, 2.45) is 0 Å². The number of hydrogen-bond donors (Lipinski definition) is 2. The molecule has 1 heterocycles. The predicted octanol–water partition coefficient (Wildman–Crippen LogP) is 2.04. The summed E-state index contributed by atoms with van der Waals surface area (Å²) in [6.07, 6.45) is 8.87. The highest BCUT2D eigenvalue weighted by atomic mass is 16.2. The summed E-state index contributed by atoms with van der Waals surface area (Å²) < 4.78 is 0. The molecular formula is C19H28N3O2+. The average Bonchev–Trinajstić information content (AvgIpc) is 2.55. The van der Waals surface area contributed by atoms with E-state index in [2.05, 4.69) is 10.6 Å². The lowest BCUT2D eigenvalue weighted by atomic mass is 9.96. The number of fused-ring (bicyclic) bond motifs is 1. The van der Waals surface area contributed by atoms with E-state index in [1.165, 1.54) is 44.9 Å². The molecule has 1 atom stereocenters. The molecule has 1 aliphatic heterocycles. The molecule has 5 heteroatoms. The number of rotatable bonds is 3. The maximum Gasteiger partial charge on any atom is 0.285 e. The minimum atomic E-state index is -0.159. The maximum atomic E-state index is 12.9. The monoisotopic (exact) mass is 330 g/mol. The molecule has 1 fully saturated rings. The molecule has 3 N–H and O–H groups in total. The molecule has 0 saturated heterocycles. The van der Waals surface area contributed by atoms with Crippen LogP contribution >= 0.6 is 0 Å². The van der Waals surface area contributed by atoms with Crippen LogP contribution in [0.3, 0.4) is 0 Å². The van der Waals surface area contributed by atoms with E-state index in [-0.39, 0.29) is 24.4 Å². The Balaban J connectivity index is 1.68. The molecule has 5 nitrogen and oxygen atoms in total. The molecule has 1 aromatic rings. The van der Waals surface area contributed by atoms with Gasteiger partial charge in [0.25, 0.3) is 5.91 Å². The van der Waals surface area contributed by atoms with Crippen LogP contribution in [0.1, 0.15) is 51.9 Å². The first-order chi connectivity index (χ1) is 11.6. The molecular weight excluding hydrogens is 302 g/mol. The van der Waals surface area contributed by atoms with Crippen molar-refractivity contribution in [3.8, 4) is 0 Å². The normalized spacial score (nSPS) is 20.5. The number of carbonyl (C=O) groups excluding carboxylic acids is 2. The van der Waals surface area contributed by atoms with E-state index in [1.807, 2.05) is 31.2 Å². The Hall–Kier alpha value is -1.88. The van der Waals surface area contributed by atoms with Crippen molar-refractivity contribution in [1.29, 1.82) is 0 Å². The van der Waals surface area contributed by atoms with Gasteiger partial charge in [0, 0.05) is 0 Å². The van der Waals surface area contributed by atoms with E-state index in [1.54, 1.807) is 4.90 Å². The van der Waals surface area contributed by atoms with E-state index < -0.39 is 0 Å². The molecule has 1 aliphatic carbocycles. The van der Waals surface area contributed by atoms with Gasteiger partial charge < -0.3 is 10.6 Å². The van der Waals surface area contributed by atoms with Crippen LogP contribution in [0.2, 0.25) is 0 Å². The smallest absolute Gasteiger partial charge is 0.285 e. The van der Waals surface area contributed by atoms with Gasteiger partial charge in [-0.3, -0.25) is 14.5 Å². The Labute approximate surface area is 143 Å². The van der Waals surface area contributed by atoms with Crippen LogP contribution in [0.15, 0.2) is 24.3 Å². The summed E-state index contributed by atoms with van der Waals surface area (Å²) in [5.74, 6) is -0.0976. The van der Waals surface area contributed by atoms with Crippen LogP contribution in [-0.2, 0) is 9.59 Å².